The number of hydrogen-bond donors (Lipinski definition) is 0. The van der Waals surface area contributed by atoms with E-state index in [2.05, 4.69) is 0 Å². The summed E-state index contributed by atoms with van der Waals surface area (Å²) < 4.78 is 495. The first-order valence-corrected chi connectivity index (χ1v) is 26.6. The molecule has 19 aromatic rings. The molecule has 2 heterocycles. The van der Waals surface area contributed by atoms with Gasteiger partial charge < -0.3 is 8.83 Å². The molecule has 0 aliphatic heterocycles. The van der Waals surface area contributed by atoms with Crippen LogP contribution in [0.4, 0.5) is 0 Å². The van der Waals surface area contributed by atoms with Gasteiger partial charge in [0.25, 0.3) is 0 Å². The molecule has 90 heavy (non-hydrogen) atoms. The minimum atomic E-state index is -1.15. The smallest absolute Gasteiger partial charge is 0.136 e. The summed E-state index contributed by atoms with van der Waals surface area (Å²) in [6, 6.07) is -49.4. The van der Waals surface area contributed by atoms with Crippen LogP contribution in [0, 0.1) is 0 Å². The highest BCUT2D eigenvalue weighted by Gasteiger charge is 2.23. The van der Waals surface area contributed by atoms with E-state index < -0.39 is 512 Å². The van der Waals surface area contributed by atoms with Gasteiger partial charge in [0, 0.05) is 21.5 Å². The lowest BCUT2D eigenvalue weighted by Crippen LogP contribution is -1.92. The fourth-order valence-corrected chi connectivity index (χ4v) is 11.0. The Morgan fingerprint density at radius 2 is 0.467 bits per heavy atom. The fourth-order valence-electron chi connectivity index (χ4n) is 11.0. The van der Waals surface area contributed by atoms with Crippen LogP contribution < -0.4 is 0 Å². The van der Waals surface area contributed by atoms with Crippen LogP contribution in [0.15, 0.2) is 335 Å². The maximum Gasteiger partial charge on any atom is 0.136 e. The summed E-state index contributed by atoms with van der Waals surface area (Å²) in [7, 11) is 0. The molecule has 0 aliphatic rings. The Morgan fingerprint density at radius 3 is 0.889 bits per heavy atom. The highest BCUT2D eigenvalue weighted by Crippen LogP contribution is 2.50. The van der Waals surface area contributed by atoms with Crippen LogP contribution in [0.25, 0.3) is 186 Å². The molecular weight excluding hydrogens is 1090 g/mol. The molecule has 2 nitrogen and oxygen atoms in total. The van der Waals surface area contributed by atoms with Crippen molar-refractivity contribution in [2.75, 3.05) is 0 Å². The predicted molar refractivity (Wildman–Crippen MR) is 383 cm³/mol. The van der Waals surface area contributed by atoms with E-state index in [0.717, 1.165) is 0 Å². The van der Waals surface area contributed by atoms with Crippen molar-refractivity contribution in [3.8, 4) is 66.8 Å². The van der Waals surface area contributed by atoms with Gasteiger partial charge in [-0.3, -0.25) is 0 Å². The van der Waals surface area contributed by atoms with Crippen molar-refractivity contribution in [2.24, 2.45) is 0 Å². The third-order valence-corrected chi connectivity index (χ3v) is 14.7. The third kappa shape index (κ3) is 8.34. The zero-order valence-electron chi connectivity index (χ0n) is 98.8. The van der Waals surface area contributed by atoms with Crippen molar-refractivity contribution in [1.82, 2.24) is 0 Å². The fraction of sp³-hybridized carbons (Fsp3) is 0. The summed E-state index contributed by atoms with van der Waals surface area (Å²) >= 11 is 0. The van der Waals surface area contributed by atoms with Crippen molar-refractivity contribution in [3.63, 3.8) is 0 Å². The van der Waals surface area contributed by atoms with Gasteiger partial charge in [0.1, 0.15) is 22.3 Å². The first kappa shape index (κ1) is 20.9. The number of rotatable bonds is 6. The van der Waals surface area contributed by atoms with E-state index in [-0.39, 0.29) is 0 Å². The van der Waals surface area contributed by atoms with E-state index in [1.807, 2.05) is 0 Å². The molecule has 0 radical (unpaired) electrons. The standard InChI is InChI=1S/C48H30O.C40H24O/c1-2-11-31(12-3-1)32-21-23-33(24-22-32)34-25-27-35(28-26-34)46-38-15-6-8-17-40(38)47(41-18-9-7-16-39(41)46)42-19-10-20-44-48(42)43-29-36-13-4-5-14-37(36)30-45(43)49-44;1-2-13-27-24-37-35(23-26(27)12-1)40-34(21-10-22-36(40)41-37)39-32-18-7-5-16-30(32)38(31-17-6-8-19-33(31)39)29-20-9-14-25-11-3-4-15-28(25)29/h1-30H;1-24H/i1D,2D,3D,4D,5D,6D,7D,8D,9D,10D,11D,12D,13D,14D,15D,16D,17D,18D,19D,20D,21D,22D,23D,24D,25D,26D,27D,28D,29D,30D;1D,2D,3D,4D,5D,6D,7D,8D,9D,10D,11D,12D,13D,14D,15D,16D,17D,18D,19D,20D,21D,22D,23D,24D. The van der Waals surface area contributed by atoms with E-state index in [9.17, 15) is 24.7 Å². The van der Waals surface area contributed by atoms with Crippen LogP contribution in [0.3, 0.4) is 0 Å². The monoisotopic (exact) mass is 1200 g/mol. The second-order valence-electron chi connectivity index (χ2n) is 19.5. The van der Waals surface area contributed by atoms with E-state index in [0.29, 0.717) is 0 Å². The Bertz CT molecular complexity index is 9230. The van der Waals surface area contributed by atoms with E-state index in [1.54, 1.807) is 0 Å². The molecule has 2 heteroatoms. The van der Waals surface area contributed by atoms with Crippen molar-refractivity contribution in [3.05, 3.63) is 326 Å². The van der Waals surface area contributed by atoms with Gasteiger partial charge in [-0.2, -0.15) is 0 Å². The molecule has 0 unspecified atom stereocenters. The average molecular weight is 1200 g/mol. The Balaban J connectivity index is 0.000000193. The number of benzene rings is 17. The van der Waals surface area contributed by atoms with Crippen LogP contribution in [0.2, 0.25) is 0 Å². The molecule has 0 saturated heterocycles. The average Bonchev–Trinajstić information content (AvgIpc) is 1.04. The molecule has 2 aromatic heterocycles. The van der Waals surface area contributed by atoms with Crippen molar-refractivity contribution < 1.29 is 82.9 Å². The van der Waals surface area contributed by atoms with Crippen molar-refractivity contribution >= 4 is 119 Å². The predicted octanol–water partition coefficient (Wildman–Crippen LogP) is 25.2. The first-order valence-electron chi connectivity index (χ1n) is 53.6. The molecule has 19 rings (SSSR count). The SMILES string of the molecule is [2H]c1c([2H])c(-c2c3c([2H])c([2H])c([2H])c([2H])c3c(-c3c([2H])c([2H])c([2H])c4c([2H])c([2H])c([2H])c([2H])c34)c3c([2H])c([2H])c([2H])c([2H])c23)c2c(oc3c([2H])c4c([2H])c([2H])c([2H])c([2H])c4c([2H])c32)c1[2H].[2H]c1c([2H])c([2H])c(-c2c([2H])c([2H])c(-c3c([2H])c([2H])c(-c4c5c([2H])c([2H])c([2H])c([2H])c5c(-c5c([2H])c([2H])c([2H])c6oc7c([2H])c8c([2H])c([2H])c([2H])c([2H])c8c([2H])c7c56)c5c([2H])c([2H])c([2H])c([2H])c45)c([2H])c3[2H])c([2H])c2[2H])c([2H])c1[2H]. The van der Waals surface area contributed by atoms with Gasteiger partial charge >= 0.3 is 0 Å². The summed E-state index contributed by atoms with van der Waals surface area (Å²) in [5, 5.41) is -11.0. The molecule has 0 saturated carbocycles. The second-order valence-corrected chi connectivity index (χ2v) is 19.5. The van der Waals surface area contributed by atoms with Crippen LogP contribution >= 0.6 is 0 Å². The molecule has 418 valence electrons. The number of hydrogen-bond acceptors (Lipinski definition) is 2. The largest absolute Gasteiger partial charge is 0.456 e. The lowest BCUT2D eigenvalue weighted by Gasteiger charge is -2.19. The van der Waals surface area contributed by atoms with Crippen LogP contribution in [-0.4, -0.2) is 0 Å². The Morgan fingerprint density at radius 1 is 0.178 bits per heavy atom. The molecule has 0 amide bonds. The minimum Gasteiger partial charge on any atom is -0.456 e. The van der Waals surface area contributed by atoms with E-state index >= 15 is 0 Å². The highest BCUT2D eigenvalue weighted by molar-refractivity contribution is 6.29. The molecule has 0 fully saturated rings. The molecule has 0 spiro atoms. The first-order chi connectivity index (χ1) is 67.1. The summed E-state index contributed by atoms with van der Waals surface area (Å²) in [6.45, 7) is 0. The maximum absolute atomic E-state index is 9.57. The van der Waals surface area contributed by atoms with Gasteiger partial charge in [-0.15, -0.1) is 0 Å². The lowest BCUT2D eigenvalue weighted by molar-refractivity contribution is 0.669. The minimum absolute atomic E-state index is 0.454. The molecule has 0 bridgehead atoms. The van der Waals surface area contributed by atoms with Crippen LogP contribution in [0.5, 0.6) is 0 Å². The summed E-state index contributed by atoms with van der Waals surface area (Å²) in [6.07, 6.45) is 0. The van der Waals surface area contributed by atoms with Gasteiger partial charge in [0.05, 0.1) is 74.0 Å². The number of furan rings is 2. The maximum atomic E-state index is 9.57. The van der Waals surface area contributed by atoms with Crippen LogP contribution in [0.1, 0.15) is 74.0 Å². The Labute approximate surface area is 595 Å². The zero-order valence-corrected chi connectivity index (χ0v) is 44.8. The van der Waals surface area contributed by atoms with E-state index in [1.165, 1.54) is 0 Å². The van der Waals surface area contributed by atoms with Gasteiger partial charge in [-0.05, 0) is 178 Å². The Hall–Kier alpha value is -11.8. The van der Waals surface area contributed by atoms with Gasteiger partial charge in [0.2, 0.25) is 0 Å². The van der Waals surface area contributed by atoms with Crippen LogP contribution in [-0.2, 0) is 0 Å². The third-order valence-electron chi connectivity index (χ3n) is 14.7. The highest BCUT2D eigenvalue weighted by atomic mass is 16.3. The van der Waals surface area contributed by atoms with Gasteiger partial charge in [0.15, 0.2) is 0 Å². The molecule has 0 aliphatic carbocycles. The van der Waals surface area contributed by atoms with Crippen molar-refractivity contribution in [2.45, 2.75) is 0 Å². The van der Waals surface area contributed by atoms with Crippen molar-refractivity contribution in [1.29, 1.82) is 0 Å². The van der Waals surface area contributed by atoms with E-state index in [4.69, 9.17) is 58.2 Å². The molecular formula is C88H54O2. The van der Waals surface area contributed by atoms with Gasteiger partial charge in [-0.25, -0.2) is 0 Å². The topological polar surface area (TPSA) is 26.3 Å². The zero-order chi connectivity index (χ0) is 106. The van der Waals surface area contributed by atoms with Gasteiger partial charge in [-0.1, -0.05) is 290 Å². The quantitative estimate of drug-likeness (QED) is 0.155. The molecule has 17 aromatic carbocycles. The lowest BCUT2D eigenvalue weighted by atomic mass is 9.84. The number of fused-ring (bicyclic) bond motifs is 13. The normalized spacial score (nSPS) is 20.2. The molecule has 0 N–H and O–H groups in total. The Kier molecular flexibility index (Phi) is 4.87. The summed E-state index contributed by atoms with van der Waals surface area (Å²) in [5.41, 5.74) is -11.4. The summed E-state index contributed by atoms with van der Waals surface area (Å²) in [5.74, 6) is 0. The summed E-state index contributed by atoms with van der Waals surface area (Å²) in [4.78, 5) is 0. The molecule has 0 atom stereocenters. The second kappa shape index (κ2) is 21.0.